The first-order chi connectivity index (χ1) is 16.5. The molecule has 0 spiro atoms. The van der Waals surface area contributed by atoms with E-state index < -0.39 is 66.7 Å². The van der Waals surface area contributed by atoms with Crippen molar-refractivity contribution in [1.82, 2.24) is 0 Å². The molecule has 35 heavy (non-hydrogen) atoms. The monoisotopic (exact) mass is 492 g/mol. The minimum atomic E-state index is -1.57. The van der Waals surface area contributed by atoms with Crippen LogP contribution in [0.25, 0.3) is 0 Å². The highest BCUT2D eigenvalue weighted by Crippen LogP contribution is 2.40. The summed E-state index contributed by atoms with van der Waals surface area (Å²) >= 11 is 0. The number of aliphatic hydroxyl groups is 2. The van der Waals surface area contributed by atoms with Crippen molar-refractivity contribution in [2.24, 2.45) is 11.8 Å². The Balaban J connectivity index is 2.77. The first-order valence-corrected chi connectivity index (χ1v) is 11.2. The lowest BCUT2D eigenvalue weighted by Gasteiger charge is -2.36. The van der Waals surface area contributed by atoms with Crippen LogP contribution in [0.1, 0.15) is 33.6 Å². The Morgan fingerprint density at radius 1 is 1.26 bits per heavy atom. The molecule has 1 saturated heterocycles. The molecule has 2 N–H and O–H groups in total. The van der Waals surface area contributed by atoms with Crippen molar-refractivity contribution in [1.29, 1.82) is 0 Å². The van der Waals surface area contributed by atoms with Gasteiger partial charge in [-0.2, -0.15) is 0 Å². The second kappa shape index (κ2) is 11.9. The molecule has 0 aromatic rings. The summed E-state index contributed by atoms with van der Waals surface area (Å²) in [7, 11) is 1.13. The van der Waals surface area contributed by atoms with Crippen LogP contribution in [0, 0.1) is 11.8 Å². The Bertz CT molecular complexity index is 957. The number of methoxy groups -OCH3 is 1. The van der Waals surface area contributed by atoms with Gasteiger partial charge in [-0.05, 0) is 25.3 Å². The number of esters is 4. The van der Waals surface area contributed by atoms with E-state index in [1.54, 1.807) is 13.8 Å². The maximum atomic E-state index is 12.8. The van der Waals surface area contributed by atoms with Gasteiger partial charge in [0, 0.05) is 5.57 Å². The Kier molecular flexibility index (Phi) is 9.55. The third-order valence-corrected chi connectivity index (χ3v) is 5.94. The summed E-state index contributed by atoms with van der Waals surface area (Å²) in [5.41, 5.74) is -0.0693. The minimum absolute atomic E-state index is 0.109. The highest BCUT2D eigenvalue weighted by Gasteiger charge is 2.53. The normalized spacial score (nSPS) is 27.5. The van der Waals surface area contributed by atoms with Crippen molar-refractivity contribution in [3.8, 4) is 0 Å². The maximum Gasteiger partial charge on any atom is 0.337 e. The van der Waals surface area contributed by atoms with Gasteiger partial charge in [0.25, 0.3) is 0 Å². The van der Waals surface area contributed by atoms with Gasteiger partial charge in [-0.15, -0.1) is 0 Å². The van der Waals surface area contributed by atoms with Gasteiger partial charge in [-0.25, -0.2) is 14.4 Å². The van der Waals surface area contributed by atoms with E-state index in [4.69, 9.17) is 18.9 Å². The van der Waals surface area contributed by atoms with Crippen LogP contribution in [-0.4, -0.2) is 72.2 Å². The summed E-state index contributed by atoms with van der Waals surface area (Å²) in [5.74, 6) is -5.21. The molecule has 2 aliphatic rings. The molecule has 2 rings (SSSR count). The number of allylic oxidation sites excluding steroid dienone is 2. The fourth-order valence-corrected chi connectivity index (χ4v) is 3.85. The molecule has 0 saturated carbocycles. The fourth-order valence-electron chi connectivity index (χ4n) is 3.85. The summed E-state index contributed by atoms with van der Waals surface area (Å²) in [5, 5.41) is 20.4. The highest BCUT2D eigenvalue weighted by molar-refractivity contribution is 5.94. The molecule has 192 valence electrons. The number of fused-ring (bicyclic) bond motifs is 1. The van der Waals surface area contributed by atoms with Gasteiger partial charge in [-0.3, -0.25) is 4.79 Å². The molecule has 0 aromatic heterocycles. The number of aliphatic hydroxyl groups excluding tert-OH is 2. The number of ether oxygens (including phenoxy) is 4. The Labute approximate surface area is 203 Å². The van der Waals surface area contributed by atoms with E-state index in [1.807, 2.05) is 0 Å². The van der Waals surface area contributed by atoms with Crippen molar-refractivity contribution in [2.75, 3.05) is 13.7 Å². The molecule has 0 radical (unpaired) electrons. The van der Waals surface area contributed by atoms with E-state index in [9.17, 15) is 29.4 Å². The molecule has 1 aliphatic carbocycles. The van der Waals surface area contributed by atoms with E-state index in [1.165, 1.54) is 19.1 Å². The van der Waals surface area contributed by atoms with Crippen LogP contribution in [0.4, 0.5) is 0 Å². The fraction of sp³-hybridized carbons (Fsp3) is 0.520. The molecule has 5 atom stereocenters. The average molecular weight is 493 g/mol. The number of carbonyl (C=O) groups is 4. The molecule has 1 fully saturated rings. The van der Waals surface area contributed by atoms with Crippen molar-refractivity contribution >= 4 is 23.9 Å². The standard InChI is InChI=1S/C25H32O10/c1-7-15(11-26)24(30)33-19-16(25(31)32-6)10-8-9-13(4)18(27)20-17(14(5)23(29)34-20)21(19)35-22(28)12(2)3/h7,10,12,17-21,26-27H,4-5,8-9,11H2,1-3,6H3. The Morgan fingerprint density at radius 3 is 2.46 bits per heavy atom. The van der Waals surface area contributed by atoms with Crippen LogP contribution in [-0.2, 0) is 38.1 Å². The topological polar surface area (TPSA) is 146 Å². The van der Waals surface area contributed by atoms with Gasteiger partial charge in [-0.1, -0.05) is 39.2 Å². The summed E-state index contributed by atoms with van der Waals surface area (Å²) < 4.78 is 21.6. The Hall–Kier alpha value is -3.24. The third kappa shape index (κ3) is 6.07. The SMILES string of the molecule is C=C1CCC=C(C(=O)OC)C(OC(=O)C(=CC)CO)C(OC(=O)C(C)C)C2C(=C)C(=O)OC2C1O. The lowest BCUT2D eigenvalue weighted by atomic mass is 9.80. The van der Waals surface area contributed by atoms with Crippen LogP contribution in [0.3, 0.4) is 0 Å². The van der Waals surface area contributed by atoms with Gasteiger partial charge in [0.2, 0.25) is 0 Å². The maximum absolute atomic E-state index is 12.8. The quantitative estimate of drug-likeness (QED) is 0.241. The van der Waals surface area contributed by atoms with Crippen LogP contribution in [0.15, 0.2) is 47.6 Å². The van der Waals surface area contributed by atoms with E-state index in [0.717, 1.165) is 7.11 Å². The van der Waals surface area contributed by atoms with Gasteiger partial charge in [0.1, 0.15) is 12.2 Å². The van der Waals surface area contributed by atoms with Crippen molar-refractivity contribution in [3.63, 3.8) is 0 Å². The first kappa shape index (κ1) is 28.0. The summed E-state index contributed by atoms with van der Waals surface area (Å²) in [6, 6.07) is 0. The van der Waals surface area contributed by atoms with Gasteiger partial charge >= 0.3 is 23.9 Å². The Morgan fingerprint density at radius 2 is 1.91 bits per heavy atom. The zero-order chi connectivity index (χ0) is 26.4. The molecule has 10 heteroatoms. The van der Waals surface area contributed by atoms with Gasteiger partial charge in [0.15, 0.2) is 12.2 Å². The first-order valence-electron chi connectivity index (χ1n) is 11.2. The summed E-state index contributed by atoms with van der Waals surface area (Å²) in [4.78, 5) is 50.9. The number of hydrogen-bond acceptors (Lipinski definition) is 10. The van der Waals surface area contributed by atoms with Crippen LogP contribution in [0.2, 0.25) is 0 Å². The minimum Gasteiger partial charge on any atom is -0.466 e. The van der Waals surface area contributed by atoms with Crippen molar-refractivity contribution in [3.05, 3.63) is 47.6 Å². The second-order valence-electron chi connectivity index (χ2n) is 8.57. The number of hydrogen-bond donors (Lipinski definition) is 2. The molecular formula is C25H32O10. The molecule has 5 unspecified atom stereocenters. The molecule has 0 aromatic carbocycles. The lowest BCUT2D eigenvalue weighted by Crippen LogP contribution is -2.49. The summed E-state index contributed by atoms with van der Waals surface area (Å²) in [6.45, 7) is 11.6. The number of carbonyl (C=O) groups excluding carboxylic acids is 4. The van der Waals surface area contributed by atoms with Crippen LogP contribution < -0.4 is 0 Å². The predicted octanol–water partition coefficient (Wildman–Crippen LogP) is 1.31. The molecule has 10 nitrogen and oxygen atoms in total. The van der Waals surface area contributed by atoms with Crippen LogP contribution >= 0.6 is 0 Å². The van der Waals surface area contributed by atoms with E-state index >= 15 is 0 Å². The number of rotatable bonds is 6. The van der Waals surface area contributed by atoms with E-state index in [-0.39, 0.29) is 29.6 Å². The van der Waals surface area contributed by atoms with Gasteiger partial charge < -0.3 is 29.2 Å². The van der Waals surface area contributed by atoms with E-state index in [2.05, 4.69) is 13.2 Å². The van der Waals surface area contributed by atoms with E-state index in [0.29, 0.717) is 5.57 Å². The van der Waals surface area contributed by atoms with Crippen LogP contribution in [0.5, 0.6) is 0 Å². The van der Waals surface area contributed by atoms with Gasteiger partial charge in [0.05, 0.1) is 36.7 Å². The van der Waals surface area contributed by atoms with Crippen molar-refractivity contribution in [2.45, 2.75) is 58.0 Å². The smallest absolute Gasteiger partial charge is 0.337 e. The second-order valence-corrected chi connectivity index (χ2v) is 8.57. The lowest BCUT2D eigenvalue weighted by molar-refractivity contribution is -0.174. The largest absolute Gasteiger partial charge is 0.466 e. The molecule has 1 heterocycles. The molecule has 1 aliphatic heterocycles. The highest BCUT2D eigenvalue weighted by atomic mass is 16.6. The average Bonchev–Trinajstić information content (AvgIpc) is 3.12. The third-order valence-electron chi connectivity index (χ3n) is 5.94. The zero-order valence-corrected chi connectivity index (χ0v) is 20.3. The molecule has 0 amide bonds. The zero-order valence-electron chi connectivity index (χ0n) is 20.3. The van der Waals surface area contributed by atoms with Crippen molar-refractivity contribution < 1.29 is 48.3 Å². The molecule has 0 bridgehead atoms. The summed E-state index contributed by atoms with van der Waals surface area (Å²) in [6.07, 6.45) is -2.51. The molecular weight excluding hydrogens is 460 g/mol. The predicted molar refractivity (Wildman–Crippen MR) is 122 cm³/mol.